The SMILES string of the molecule is CN1CCN=C1c1sccc1NC(=O)CC1C=CC=C2C=CC=CC21. The minimum Gasteiger partial charge on any atom is -0.357 e. The Labute approximate surface area is 152 Å². The van der Waals surface area contributed by atoms with E-state index in [0.717, 1.165) is 29.5 Å². The monoisotopic (exact) mass is 351 g/mol. The molecule has 1 aromatic rings. The van der Waals surface area contributed by atoms with Gasteiger partial charge in [-0.25, -0.2) is 0 Å². The van der Waals surface area contributed by atoms with Crippen molar-refractivity contribution in [1.29, 1.82) is 0 Å². The van der Waals surface area contributed by atoms with Gasteiger partial charge in [0, 0.05) is 25.9 Å². The molecule has 4 nitrogen and oxygen atoms in total. The molecule has 2 atom stereocenters. The summed E-state index contributed by atoms with van der Waals surface area (Å²) in [5.74, 6) is 1.54. The molecule has 2 unspecified atom stereocenters. The first-order chi connectivity index (χ1) is 12.2. The van der Waals surface area contributed by atoms with Crippen molar-refractivity contribution in [2.24, 2.45) is 16.8 Å². The molecule has 0 saturated heterocycles. The lowest BCUT2D eigenvalue weighted by molar-refractivity contribution is -0.116. The number of nitrogens with one attached hydrogen (secondary N) is 1. The van der Waals surface area contributed by atoms with Crippen LogP contribution in [0.5, 0.6) is 0 Å². The van der Waals surface area contributed by atoms with E-state index in [4.69, 9.17) is 0 Å². The molecule has 0 fully saturated rings. The van der Waals surface area contributed by atoms with Crippen molar-refractivity contribution in [3.8, 4) is 0 Å². The van der Waals surface area contributed by atoms with Gasteiger partial charge in [-0.15, -0.1) is 11.3 Å². The molecule has 0 radical (unpaired) electrons. The Morgan fingerprint density at radius 3 is 3.12 bits per heavy atom. The first-order valence-electron chi connectivity index (χ1n) is 8.59. The van der Waals surface area contributed by atoms with Crippen molar-refractivity contribution in [2.45, 2.75) is 6.42 Å². The van der Waals surface area contributed by atoms with Crippen LogP contribution in [-0.4, -0.2) is 36.8 Å². The van der Waals surface area contributed by atoms with E-state index in [1.54, 1.807) is 11.3 Å². The van der Waals surface area contributed by atoms with Crippen LogP contribution in [0.1, 0.15) is 11.3 Å². The summed E-state index contributed by atoms with van der Waals surface area (Å²) in [6.07, 6.45) is 15.2. The Morgan fingerprint density at radius 1 is 1.36 bits per heavy atom. The Morgan fingerprint density at radius 2 is 2.28 bits per heavy atom. The number of carbonyl (C=O) groups excluding carboxylic acids is 1. The van der Waals surface area contributed by atoms with E-state index >= 15 is 0 Å². The predicted octanol–water partition coefficient (Wildman–Crippen LogP) is 3.62. The first kappa shape index (κ1) is 16.1. The van der Waals surface area contributed by atoms with Crippen molar-refractivity contribution in [3.63, 3.8) is 0 Å². The Kier molecular flexibility index (Phi) is 4.40. The number of fused-ring (bicyclic) bond motifs is 1. The molecule has 25 heavy (non-hydrogen) atoms. The highest BCUT2D eigenvalue weighted by Crippen LogP contribution is 2.33. The number of hydrogen-bond donors (Lipinski definition) is 1. The van der Waals surface area contributed by atoms with Gasteiger partial charge in [0.15, 0.2) is 0 Å². The number of anilines is 1. The Bertz CT molecular complexity index is 828. The normalized spacial score (nSPS) is 24.1. The standard InChI is InChI=1S/C20H21N3OS/c1-23-11-10-21-20(23)19-17(9-12-25-19)22-18(24)13-15-7-4-6-14-5-2-3-8-16(14)15/h2-9,12,15-16H,10-11,13H2,1H3,(H,22,24). The van der Waals surface area contributed by atoms with Gasteiger partial charge in [0.2, 0.25) is 5.91 Å². The van der Waals surface area contributed by atoms with Crippen LogP contribution in [0.3, 0.4) is 0 Å². The molecule has 0 bridgehead atoms. The minimum absolute atomic E-state index is 0.0553. The summed E-state index contributed by atoms with van der Waals surface area (Å²) in [4.78, 5) is 20.4. The smallest absolute Gasteiger partial charge is 0.225 e. The zero-order valence-electron chi connectivity index (χ0n) is 14.2. The van der Waals surface area contributed by atoms with E-state index in [9.17, 15) is 4.79 Å². The number of amidine groups is 1. The molecule has 128 valence electrons. The highest BCUT2D eigenvalue weighted by molar-refractivity contribution is 7.12. The van der Waals surface area contributed by atoms with Crippen LogP contribution in [0.4, 0.5) is 5.69 Å². The van der Waals surface area contributed by atoms with Crippen molar-refractivity contribution in [3.05, 3.63) is 64.4 Å². The molecule has 1 aromatic heterocycles. The van der Waals surface area contributed by atoms with Gasteiger partial charge < -0.3 is 10.2 Å². The Hall–Kier alpha value is -2.40. The van der Waals surface area contributed by atoms with E-state index in [-0.39, 0.29) is 11.8 Å². The molecule has 1 amide bonds. The lowest BCUT2D eigenvalue weighted by Crippen LogP contribution is -2.25. The number of allylic oxidation sites excluding steroid dienone is 8. The molecule has 0 spiro atoms. The number of likely N-dealkylation sites (N-methyl/N-ethyl adjacent to an activating group) is 1. The lowest BCUT2D eigenvalue weighted by atomic mass is 9.78. The van der Waals surface area contributed by atoms with Gasteiger partial charge in [0.1, 0.15) is 5.84 Å². The molecule has 1 N–H and O–H groups in total. The van der Waals surface area contributed by atoms with E-state index < -0.39 is 0 Å². The second-order valence-electron chi connectivity index (χ2n) is 6.53. The fraction of sp³-hybridized carbons (Fsp3) is 0.300. The van der Waals surface area contributed by atoms with Crippen LogP contribution in [0.25, 0.3) is 0 Å². The third-order valence-corrected chi connectivity index (χ3v) is 5.74. The van der Waals surface area contributed by atoms with Crippen molar-refractivity contribution in [1.82, 2.24) is 4.90 Å². The number of amides is 1. The summed E-state index contributed by atoms with van der Waals surface area (Å²) in [6.45, 7) is 1.75. The summed E-state index contributed by atoms with van der Waals surface area (Å²) < 4.78 is 0. The van der Waals surface area contributed by atoms with Crippen molar-refractivity contribution < 1.29 is 4.79 Å². The highest BCUT2D eigenvalue weighted by Gasteiger charge is 2.26. The number of hydrogen-bond acceptors (Lipinski definition) is 4. The number of aliphatic imine (C=N–C) groups is 1. The third-order valence-electron chi connectivity index (χ3n) is 4.83. The molecule has 3 aliphatic rings. The van der Waals surface area contributed by atoms with Gasteiger partial charge in [0.05, 0.1) is 17.1 Å². The Balaban J connectivity index is 1.45. The van der Waals surface area contributed by atoms with E-state index in [1.807, 2.05) is 18.5 Å². The zero-order chi connectivity index (χ0) is 17.2. The van der Waals surface area contributed by atoms with Crippen molar-refractivity contribution in [2.75, 3.05) is 25.5 Å². The molecule has 4 rings (SSSR count). The molecule has 2 aliphatic carbocycles. The minimum atomic E-state index is 0.0553. The van der Waals surface area contributed by atoms with Gasteiger partial charge >= 0.3 is 0 Å². The molecular formula is C20H21N3OS. The maximum Gasteiger partial charge on any atom is 0.225 e. The highest BCUT2D eigenvalue weighted by atomic mass is 32.1. The molecule has 2 heterocycles. The third kappa shape index (κ3) is 3.24. The fourth-order valence-electron chi connectivity index (χ4n) is 3.53. The second kappa shape index (κ2) is 6.84. The van der Waals surface area contributed by atoms with Crippen LogP contribution in [0.2, 0.25) is 0 Å². The van der Waals surface area contributed by atoms with Gasteiger partial charge in [-0.05, 0) is 22.9 Å². The number of thiophene rings is 1. The number of carbonyl (C=O) groups is 1. The van der Waals surface area contributed by atoms with Crippen LogP contribution >= 0.6 is 11.3 Å². The fourth-order valence-corrected chi connectivity index (χ4v) is 4.44. The average molecular weight is 351 g/mol. The lowest BCUT2D eigenvalue weighted by Gasteiger charge is -2.27. The van der Waals surface area contributed by atoms with Gasteiger partial charge in [0.25, 0.3) is 0 Å². The van der Waals surface area contributed by atoms with Crippen LogP contribution < -0.4 is 5.32 Å². The zero-order valence-corrected chi connectivity index (χ0v) is 15.0. The molecule has 0 aromatic carbocycles. The van der Waals surface area contributed by atoms with Crippen molar-refractivity contribution >= 4 is 28.8 Å². The summed E-state index contributed by atoms with van der Waals surface area (Å²) in [5, 5.41) is 5.11. The quantitative estimate of drug-likeness (QED) is 0.900. The summed E-state index contributed by atoms with van der Waals surface area (Å²) >= 11 is 1.63. The van der Waals surface area contributed by atoms with E-state index in [0.29, 0.717) is 12.3 Å². The van der Waals surface area contributed by atoms with Crippen LogP contribution in [-0.2, 0) is 4.79 Å². The van der Waals surface area contributed by atoms with E-state index in [1.165, 1.54) is 5.57 Å². The van der Waals surface area contributed by atoms with Gasteiger partial charge in [-0.3, -0.25) is 9.79 Å². The summed E-state index contributed by atoms with van der Waals surface area (Å²) in [6, 6.07) is 1.97. The molecule has 5 heteroatoms. The first-order valence-corrected chi connectivity index (χ1v) is 9.47. The summed E-state index contributed by atoms with van der Waals surface area (Å²) in [7, 11) is 2.04. The average Bonchev–Trinajstić information content (AvgIpc) is 3.23. The number of rotatable bonds is 4. The molecule has 0 saturated carbocycles. The predicted molar refractivity (Wildman–Crippen MR) is 104 cm³/mol. The maximum absolute atomic E-state index is 12.6. The summed E-state index contributed by atoms with van der Waals surface area (Å²) in [5.41, 5.74) is 2.15. The number of nitrogens with zero attached hydrogens (tertiary/aromatic N) is 2. The molecular weight excluding hydrogens is 330 g/mol. The largest absolute Gasteiger partial charge is 0.357 e. The van der Waals surface area contributed by atoms with Crippen LogP contribution in [0.15, 0.2) is 64.5 Å². The topological polar surface area (TPSA) is 44.7 Å². The second-order valence-corrected chi connectivity index (χ2v) is 7.44. The van der Waals surface area contributed by atoms with Gasteiger partial charge in [-0.2, -0.15) is 0 Å². The molecule has 1 aliphatic heterocycles. The van der Waals surface area contributed by atoms with Crippen LogP contribution in [0, 0.1) is 11.8 Å². The van der Waals surface area contributed by atoms with E-state index in [2.05, 4.69) is 57.7 Å². The van der Waals surface area contributed by atoms with Gasteiger partial charge in [-0.1, -0.05) is 42.5 Å². The maximum atomic E-state index is 12.6.